The Morgan fingerprint density at radius 2 is 1.90 bits per heavy atom. The number of aryl methyl sites for hydroxylation is 2. The first-order valence-corrected chi connectivity index (χ1v) is 14.4. The third-order valence-corrected chi connectivity index (χ3v) is 7.68. The van der Waals surface area contributed by atoms with Crippen LogP contribution in [0.5, 0.6) is 0 Å². The third kappa shape index (κ3) is 7.33. The lowest BCUT2D eigenvalue weighted by Crippen LogP contribution is -2.38. The number of hydrogen-bond donors (Lipinski definition) is 2. The molecule has 3 aromatic carbocycles. The molecule has 9 heteroatoms. The second-order valence-electron chi connectivity index (χ2n) is 10.3. The molecule has 1 saturated heterocycles. The maximum absolute atomic E-state index is 13.3. The van der Waals surface area contributed by atoms with Crippen molar-refractivity contribution < 1.29 is 19.1 Å². The molecular weight excluding hydrogens is 540 g/mol. The summed E-state index contributed by atoms with van der Waals surface area (Å²) in [5.41, 5.74) is 7.02. The number of benzodiazepines with no additional fused rings is 1. The van der Waals surface area contributed by atoms with E-state index in [9.17, 15) is 9.59 Å². The van der Waals surface area contributed by atoms with Gasteiger partial charge in [-0.2, -0.15) is 0 Å². The predicted octanol–water partition coefficient (Wildman–Crippen LogP) is 5.49. The molecule has 2 aliphatic heterocycles. The zero-order valence-electron chi connectivity index (χ0n) is 23.4. The van der Waals surface area contributed by atoms with Crippen molar-refractivity contribution in [2.24, 2.45) is 4.99 Å². The highest BCUT2D eigenvalue weighted by Crippen LogP contribution is 2.29. The van der Waals surface area contributed by atoms with Crippen LogP contribution < -0.4 is 10.6 Å². The van der Waals surface area contributed by atoms with Gasteiger partial charge >= 0.3 is 6.09 Å². The summed E-state index contributed by atoms with van der Waals surface area (Å²) in [5, 5.41) is 6.37. The fraction of sp³-hybridized carbons (Fsp3) is 0.344. The first-order valence-electron chi connectivity index (χ1n) is 14.0. The van der Waals surface area contributed by atoms with Gasteiger partial charge in [-0.05, 0) is 60.4 Å². The minimum Gasteiger partial charge on any atom is -0.448 e. The van der Waals surface area contributed by atoms with Crippen molar-refractivity contribution in [3.63, 3.8) is 0 Å². The fourth-order valence-electron chi connectivity index (χ4n) is 5.15. The number of anilines is 2. The maximum atomic E-state index is 13.3. The van der Waals surface area contributed by atoms with Gasteiger partial charge in [0.05, 0.1) is 24.6 Å². The number of ether oxygens (including phenoxy) is 2. The van der Waals surface area contributed by atoms with Crippen LogP contribution in [0.3, 0.4) is 0 Å². The molecule has 214 valence electrons. The first-order chi connectivity index (χ1) is 19.9. The van der Waals surface area contributed by atoms with Crippen molar-refractivity contribution in [2.45, 2.75) is 32.7 Å². The van der Waals surface area contributed by atoms with E-state index >= 15 is 0 Å². The number of carbonyl (C=O) groups is 2. The number of halogens is 1. The van der Waals surface area contributed by atoms with Crippen LogP contribution in [0.15, 0.2) is 65.7 Å². The third-order valence-electron chi connectivity index (χ3n) is 7.45. The number of nitrogens with one attached hydrogen (secondary N) is 2. The molecule has 0 spiro atoms. The smallest absolute Gasteiger partial charge is 0.411 e. The second-order valence-corrected chi connectivity index (χ2v) is 10.7. The molecular formula is C32H35ClN4O4. The molecule has 5 rings (SSSR count). The van der Waals surface area contributed by atoms with Gasteiger partial charge in [0.2, 0.25) is 5.91 Å². The van der Waals surface area contributed by atoms with Crippen LogP contribution in [0.4, 0.5) is 16.2 Å². The van der Waals surface area contributed by atoms with E-state index in [4.69, 9.17) is 26.1 Å². The van der Waals surface area contributed by atoms with Gasteiger partial charge in [-0.3, -0.25) is 20.0 Å². The number of morpholine rings is 1. The number of rotatable bonds is 8. The van der Waals surface area contributed by atoms with E-state index < -0.39 is 12.1 Å². The van der Waals surface area contributed by atoms with Crippen LogP contribution in [0.25, 0.3) is 0 Å². The van der Waals surface area contributed by atoms with Crippen LogP contribution in [-0.2, 0) is 27.1 Å². The number of fused-ring (bicyclic) bond motifs is 1. The zero-order chi connectivity index (χ0) is 28.8. The number of amides is 2. The first kappa shape index (κ1) is 28.8. The van der Waals surface area contributed by atoms with Gasteiger partial charge in [-0.15, -0.1) is 0 Å². The number of nitrogens with zero attached hydrogens (tertiary/aromatic N) is 2. The van der Waals surface area contributed by atoms with E-state index in [0.29, 0.717) is 54.9 Å². The molecule has 2 amide bonds. The van der Waals surface area contributed by atoms with E-state index in [-0.39, 0.29) is 5.91 Å². The van der Waals surface area contributed by atoms with Gasteiger partial charge in [0.25, 0.3) is 0 Å². The van der Waals surface area contributed by atoms with Gasteiger partial charge in [0.15, 0.2) is 0 Å². The zero-order valence-corrected chi connectivity index (χ0v) is 24.2. The number of hydrogen-bond acceptors (Lipinski definition) is 6. The van der Waals surface area contributed by atoms with Crippen LogP contribution in [0.1, 0.15) is 34.7 Å². The average molecular weight is 575 g/mol. The van der Waals surface area contributed by atoms with Crippen LogP contribution in [-0.4, -0.2) is 68.1 Å². The van der Waals surface area contributed by atoms with Gasteiger partial charge in [0, 0.05) is 47.9 Å². The normalized spacial score (nSPS) is 17.2. The molecule has 41 heavy (non-hydrogen) atoms. The van der Waals surface area contributed by atoms with Crippen molar-refractivity contribution in [3.8, 4) is 0 Å². The number of benzene rings is 3. The van der Waals surface area contributed by atoms with E-state index in [1.807, 2.05) is 18.2 Å². The van der Waals surface area contributed by atoms with Crippen molar-refractivity contribution >= 4 is 40.7 Å². The van der Waals surface area contributed by atoms with E-state index in [1.165, 1.54) is 11.1 Å². The molecule has 2 aliphatic rings. The molecule has 0 radical (unpaired) electrons. The van der Waals surface area contributed by atoms with Crippen molar-refractivity contribution in [1.82, 2.24) is 4.90 Å². The molecule has 0 bridgehead atoms. The van der Waals surface area contributed by atoms with Crippen LogP contribution >= 0.6 is 11.6 Å². The van der Waals surface area contributed by atoms with Crippen LogP contribution in [0.2, 0.25) is 5.02 Å². The molecule has 3 aromatic rings. The standard InChI is InChI=1S/C32H35ClN4O4/c1-3-23-5-4-22(18-21(23)2)19-29-31(38)36-28-11-8-25(33)20-27(28)30(35-29)24-6-9-26(10-7-24)34-32(39)41-17-14-37-12-15-40-16-13-37/h4-11,18,20,29H,3,12-17,19H2,1-2H3,(H,34,39)(H,36,38). The lowest BCUT2D eigenvalue weighted by molar-refractivity contribution is -0.117. The minimum absolute atomic E-state index is 0.168. The summed E-state index contributed by atoms with van der Waals surface area (Å²) < 4.78 is 10.7. The highest BCUT2D eigenvalue weighted by molar-refractivity contribution is 6.32. The lowest BCUT2D eigenvalue weighted by Gasteiger charge is -2.26. The van der Waals surface area contributed by atoms with Gasteiger partial charge in [-0.25, -0.2) is 4.79 Å². The summed E-state index contributed by atoms with van der Waals surface area (Å²) >= 11 is 6.37. The molecule has 0 aromatic heterocycles. The molecule has 1 unspecified atom stereocenters. The summed E-state index contributed by atoms with van der Waals surface area (Å²) in [5.74, 6) is -0.168. The Labute approximate surface area is 245 Å². The van der Waals surface area contributed by atoms with Gasteiger partial charge in [-0.1, -0.05) is 48.9 Å². The molecule has 8 nitrogen and oxygen atoms in total. The largest absolute Gasteiger partial charge is 0.448 e. The monoisotopic (exact) mass is 574 g/mol. The van der Waals surface area contributed by atoms with Crippen LogP contribution in [0, 0.1) is 6.92 Å². The van der Waals surface area contributed by atoms with Crippen molar-refractivity contribution in [3.05, 3.63) is 93.5 Å². The Balaban J connectivity index is 1.33. The summed E-state index contributed by atoms with van der Waals surface area (Å²) in [6.07, 6.45) is 0.928. The highest BCUT2D eigenvalue weighted by atomic mass is 35.5. The summed E-state index contributed by atoms with van der Waals surface area (Å²) in [6.45, 7) is 8.31. The Morgan fingerprint density at radius 1 is 1.12 bits per heavy atom. The van der Waals surface area contributed by atoms with Gasteiger partial charge < -0.3 is 14.8 Å². The predicted molar refractivity (Wildman–Crippen MR) is 162 cm³/mol. The molecule has 0 saturated carbocycles. The summed E-state index contributed by atoms with van der Waals surface area (Å²) in [4.78, 5) is 32.8. The number of carbonyl (C=O) groups excluding carboxylic acids is 2. The Hall–Kier alpha value is -3.72. The van der Waals surface area contributed by atoms with Crippen molar-refractivity contribution in [1.29, 1.82) is 0 Å². The molecule has 1 fully saturated rings. The summed E-state index contributed by atoms with van der Waals surface area (Å²) in [6, 6.07) is 18.4. The molecule has 0 aliphatic carbocycles. The summed E-state index contributed by atoms with van der Waals surface area (Å²) in [7, 11) is 0. The van der Waals surface area contributed by atoms with E-state index in [2.05, 4.69) is 47.6 Å². The lowest BCUT2D eigenvalue weighted by atomic mass is 9.98. The van der Waals surface area contributed by atoms with E-state index in [0.717, 1.165) is 36.2 Å². The maximum Gasteiger partial charge on any atom is 0.411 e. The topological polar surface area (TPSA) is 92.3 Å². The highest BCUT2D eigenvalue weighted by Gasteiger charge is 2.26. The SMILES string of the molecule is CCc1ccc(CC2N=C(c3ccc(NC(=O)OCCN4CCOCC4)cc3)c3cc(Cl)ccc3NC2=O)cc1C. The van der Waals surface area contributed by atoms with Crippen molar-refractivity contribution in [2.75, 3.05) is 50.1 Å². The average Bonchev–Trinajstić information content (AvgIpc) is 3.10. The van der Waals surface area contributed by atoms with E-state index in [1.54, 1.807) is 24.3 Å². The molecule has 1 atom stereocenters. The number of aliphatic imine (C=N–C) groups is 1. The van der Waals surface area contributed by atoms with Gasteiger partial charge in [0.1, 0.15) is 12.6 Å². The Morgan fingerprint density at radius 3 is 2.63 bits per heavy atom. The minimum atomic E-state index is -0.623. The Bertz CT molecular complexity index is 1430. The molecule has 2 heterocycles. The quantitative estimate of drug-likeness (QED) is 0.371. The Kier molecular flexibility index (Phi) is 9.34. The second kappa shape index (κ2) is 13.3. The fourth-order valence-corrected chi connectivity index (χ4v) is 5.32. The molecule has 2 N–H and O–H groups in total.